The van der Waals surface area contributed by atoms with Crippen LogP contribution in [0.15, 0.2) is 0 Å². The zero-order chi connectivity index (χ0) is 13.8. The summed E-state index contributed by atoms with van der Waals surface area (Å²) in [5, 5.41) is 10.4. The van der Waals surface area contributed by atoms with E-state index in [0.717, 1.165) is 12.8 Å². The van der Waals surface area contributed by atoms with Gasteiger partial charge in [-0.25, -0.2) is 4.79 Å². The second-order valence-corrected chi connectivity index (χ2v) is 5.85. The Morgan fingerprint density at radius 1 is 1.39 bits per heavy atom. The molecule has 1 atom stereocenters. The van der Waals surface area contributed by atoms with Crippen LogP contribution in [0.5, 0.6) is 0 Å². The number of rotatable bonds is 3. The minimum absolute atomic E-state index is 0.0623. The number of carbonyl (C=O) groups excluding carboxylic acids is 2. The van der Waals surface area contributed by atoms with Crippen molar-refractivity contribution in [2.75, 3.05) is 13.1 Å². The molecule has 0 aliphatic carbocycles. The fraction of sp³-hybridized carbons (Fsp3) is 0.846. The highest BCUT2D eigenvalue weighted by Crippen LogP contribution is 2.22. The molecule has 104 valence electrons. The third kappa shape index (κ3) is 5.38. The second-order valence-electron chi connectivity index (χ2n) is 5.85. The zero-order valence-electron chi connectivity index (χ0n) is 11.4. The molecule has 1 heterocycles. The van der Waals surface area contributed by atoms with E-state index in [1.54, 1.807) is 4.90 Å². The molecule has 0 radical (unpaired) electrons. The molecule has 5 heteroatoms. The average Bonchev–Trinajstić information content (AvgIpc) is 2.24. The summed E-state index contributed by atoms with van der Waals surface area (Å²) >= 11 is 0. The molecule has 1 rings (SSSR count). The molecule has 1 aliphatic heterocycles. The van der Waals surface area contributed by atoms with E-state index in [-0.39, 0.29) is 18.4 Å². The van der Waals surface area contributed by atoms with Crippen molar-refractivity contribution < 1.29 is 19.4 Å². The van der Waals surface area contributed by atoms with Crippen LogP contribution in [0.4, 0.5) is 4.79 Å². The van der Waals surface area contributed by atoms with Crippen molar-refractivity contribution >= 4 is 12.1 Å². The number of carbonyl (C=O) groups is 2. The molecule has 0 N–H and O–H groups in total. The Hall–Kier alpha value is -1.26. The van der Waals surface area contributed by atoms with Gasteiger partial charge in [0.15, 0.2) is 0 Å². The number of nitrogens with zero attached hydrogens (tertiary/aromatic N) is 1. The summed E-state index contributed by atoms with van der Waals surface area (Å²) in [6, 6.07) is 0. The van der Waals surface area contributed by atoms with Gasteiger partial charge in [0.05, 0.1) is 0 Å². The second kappa shape index (κ2) is 6.07. The van der Waals surface area contributed by atoms with E-state index in [1.807, 2.05) is 20.8 Å². The van der Waals surface area contributed by atoms with Crippen LogP contribution in [-0.4, -0.2) is 35.7 Å². The maximum absolute atomic E-state index is 11.9. The number of amides is 1. The van der Waals surface area contributed by atoms with Crippen molar-refractivity contribution in [3.8, 4) is 0 Å². The lowest BCUT2D eigenvalue weighted by molar-refractivity contribution is -0.306. The average molecular weight is 256 g/mol. The predicted molar refractivity (Wildman–Crippen MR) is 64.8 cm³/mol. The fourth-order valence-corrected chi connectivity index (χ4v) is 2.11. The highest BCUT2D eigenvalue weighted by atomic mass is 16.6. The summed E-state index contributed by atoms with van der Waals surface area (Å²) in [5.41, 5.74) is -0.491. The molecular weight excluding hydrogens is 234 g/mol. The minimum atomic E-state index is -1.02. The molecule has 18 heavy (non-hydrogen) atoms. The first-order valence-electron chi connectivity index (χ1n) is 6.45. The molecule has 1 amide bonds. The SMILES string of the molecule is CC(C)(C)OC(=O)N1CCC[C@@H](CCC(=O)[O-])C1. The Morgan fingerprint density at radius 3 is 2.61 bits per heavy atom. The van der Waals surface area contributed by atoms with Crippen molar-refractivity contribution in [3.63, 3.8) is 0 Å². The van der Waals surface area contributed by atoms with Crippen molar-refractivity contribution in [1.82, 2.24) is 4.90 Å². The van der Waals surface area contributed by atoms with Crippen LogP contribution in [-0.2, 0) is 9.53 Å². The summed E-state index contributed by atoms with van der Waals surface area (Å²) in [7, 11) is 0. The summed E-state index contributed by atoms with van der Waals surface area (Å²) in [5.74, 6) is -0.784. The molecule has 0 saturated carbocycles. The highest BCUT2D eigenvalue weighted by Gasteiger charge is 2.27. The number of likely N-dealkylation sites (tertiary alicyclic amines) is 1. The molecule has 1 saturated heterocycles. The van der Waals surface area contributed by atoms with E-state index < -0.39 is 11.6 Å². The molecule has 0 spiro atoms. The smallest absolute Gasteiger partial charge is 0.410 e. The molecule has 1 fully saturated rings. The largest absolute Gasteiger partial charge is 0.550 e. The van der Waals surface area contributed by atoms with Crippen molar-refractivity contribution in [1.29, 1.82) is 0 Å². The maximum atomic E-state index is 11.9. The van der Waals surface area contributed by atoms with Gasteiger partial charge in [0, 0.05) is 19.1 Å². The highest BCUT2D eigenvalue weighted by molar-refractivity contribution is 5.68. The van der Waals surface area contributed by atoms with Crippen LogP contribution in [0.3, 0.4) is 0 Å². The molecule has 5 nitrogen and oxygen atoms in total. The van der Waals surface area contributed by atoms with Crippen LogP contribution in [0.1, 0.15) is 46.5 Å². The van der Waals surface area contributed by atoms with Gasteiger partial charge in [-0.1, -0.05) is 0 Å². The Morgan fingerprint density at radius 2 is 2.06 bits per heavy atom. The van der Waals surface area contributed by atoms with Crippen LogP contribution < -0.4 is 5.11 Å². The first-order chi connectivity index (χ1) is 8.28. The third-order valence-corrected chi connectivity index (χ3v) is 2.93. The quantitative estimate of drug-likeness (QED) is 0.760. The topological polar surface area (TPSA) is 69.7 Å². The predicted octanol–water partition coefficient (Wildman–Crippen LogP) is 1.16. The number of aliphatic carboxylic acids is 1. The van der Waals surface area contributed by atoms with Gasteiger partial charge in [-0.2, -0.15) is 0 Å². The van der Waals surface area contributed by atoms with Gasteiger partial charge >= 0.3 is 6.09 Å². The van der Waals surface area contributed by atoms with Crippen molar-refractivity contribution in [2.45, 2.75) is 52.1 Å². The molecule has 0 aromatic carbocycles. The van der Waals surface area contributed by atoms with Crippen LogP contribution in [0, 0.1) is 5.92 Å². The first kappa shape index (κ1) is 14.8. The zero-order valence-corrected chi connectivity index (χ0v) is 11.4. The van der Waals surface area contributed by atoms with Crippen molar-refractivity contribution in [3.05, 3.63) is 0 Å². The number of piperidine rings is 1. The van der Waals surface area contributed by atoms with Crippen molar-refractivity contribution in [2.24, 2.45) is 5.92 Å². The summed E-state index contributed by atoms with van der Waals surface area (Å²) < 4.78 is 5.31. The lowest BCUT2D eigenvalue weighted by Gasteiger charge is -2.34. The van der Waals surface area contributed by atoms with E-state index in [4.69, 9.17) is 4.74 Å². The van der Waals surface area contributed by atoms with Crippen LogP contribution in [0.2, 0.25) is 0 Å². The van der Waals surface area contributed by atoms with E-state index in [9.17, 15) is 14.7 Å². The van der Waals surface area contributed by atoms with E-state index in [1.165, 1.54) is 0 Å². The molecule has 0 aromatic heterocycles. The van der Waals surface area contributed by atoms with Gasteiger partial charge < -0.3 is 19.5 Å². The normalized spacial score (nSPS) is 20.6. The van der Waals surface area contributed by atoms with Gasteiger partial charge in [-0.15, -0.1) is 0 Å². The monoisotopic (exact) mass is 256 g/mol. The van der Waals surface area contributed by atoms with E-state index in [0.29, 0.717) is 19.5 Å². The molecule has 0 aromatic rings. The summed E-state index contributed by atoms with van der Waals surface area (Å²) in [4.78, 5) is 24.0. The first-order valence-corrected chi connectivity index (χ1v) is 6.45. The Kier molecular flexibility index (Phi) is 4.99. The third-order valence-electron chi connectivity index (χ3n) is 2.93. The number of carboxylic acid groups (broad SMARTS) is 1. The summed E-state index contributed by atoms with van der Waals surface area (Å²) in [6.45, 7) is 6.78. The van der Waals surface area contributed by atoms with E-state index >= 15 is 0 Å². The molecule has 0 unspecified atom stereocenters. The number of carboxylic acids is 1. The maximum Gasteiger partial charge on any atom is 0.410 e. The number of hydrogen-bond donors (Lipinski definition) is 0. The van der Waals surface area contributed by atoms with E-state index in [2.05, 4.69) is 0 Å². The number of hydrogen-bond acceptors (Lipinski definition) is 4. The molecular formula is C13H22NO4-. The van der Waals surface area contributed by atoms with Gasteiger partial charge in [-0.3, -0.25) is 0 Å². The minimum Gasteiger partial charge on any atom is -0.550 e. The Labute approximate surface area is 108 Å². The Bertz CT molecular complexity index is 309. The van der Waals surface area contributed by atoms with Gasteiger partial charge in [-0.05, 0) is 52.4 Å². The lowest BCUT2D eigenvalue weighted by Crippen LogP contribution is -2.43. The Balaban J connectivity index is 2.43. The van der Waals surface area contributed by atoms with Crippen LogP contribution >= 0.6 is 0 Å². The van der Waals surface area contributed by atoms with Gasteiger partial charge in [0.2, 0.25) is 0 Å². The van der Waals surface area contributed by atoms with Gasteiger partial charge in [0.25, 0.3) is 0 Å². The molecule has 1 aliphatic rings. The van der Waals surface area contributed by atoms with Crippen LogP contribution in [0.25, 0.3) is 0 Å². The lowest BCUT2D eigenvalue weighted by atomic mass is 9.94. The fourth-order valence-electron chi connectivity index (χ4n) is 2.11. The molecule has 0 bridgehead atoms. The number of ether oxygens (including phenoxy) is 1. The summed E-state index contributed by atoms with van der Waals surface area (Å²) in [6.07, 6.45) is 2.19. The van der Waals surface area contributed by atoms with Gasteiger partial charge in [0.1, 0.15) is 5.60 Å². The standard InChI is InChI=1S/C13H23NO4/c1-13(2,3)18-12(17)14-8-4-5-10(9-14)6-7-11(15)16/h10H,4-9H2,1-3H3,(H,15,16)/p-1/t10-/m0/s1.